The van der Waals surface area contributed by atoms with Gasteiger partial charge in [-0.15, -0.1) is 0 Å². The zero-order valence-electron chi connectivity index (χ0n) is 11.4. The molecule has 0 unspecified atom stereocenters. The van der Waals surface area contributed by atoms with Gasteiger partial charge < -0.3 is 14.9 Å². The van der Waals surface area contributed by atoms with Crippen molar-refractivity contribution < 1.29 is 9.50 Å². The lowest BCUT2D eigenvalue weighted by Gasteiger charge is -2.37. The lowest BCUT2D eigenvalue weighted by Crippen LogP contribution is -2.38. The van der Waals surface area contributed by atoms with Crippen molar-refractivity contribution in [1.29, 1.82) is 0 Å². The third-order valence-electron chi connectivity index (χ3n) is 3.72. The van der Waals surface area contributed by atoms with Gasteiger partial charge in [-0.3, -0.25) is 0 Å². The van der Waals surface area contributed by atoms with Crippen molar-refractivity contribution in [2.75, 3.05) is 29.9 Å². The molecule has 0 atom stereocenters. The summed E-state index contributed by atoms with van der Waals surface area (Å²) >= 11 is 0. The lowest BCUT2D eigenvalue weighted by molar-refractivity contribution is 0.431. The maximum Gasteiger partial charge on any atom is 0.165 e. The highest BCUT2D eigenvalue weighted by Gasteiger charge is 2.19. The fraction of sp³-hybridized carbons (Fsp3) is 0.250. The number of anilines is 2. The number of phenolic OH excluding ortho intramolecular Hbond substituents is 1. The predicted molar refractivity (Wildman–Crippen MR) is 78.8 cm³/mol. The molecule has 0 aromatic heterocycles. The Bertz CT molecular complexity index is 630. The van der Waals surface area contributed by atoms with Crippen LogP contribution in [0.25, 0.3) is 0 Å². The minimum absolute atomic E-state index is 0.299. The van der Waals surface area contributed by atoms with Crippen molar-refractivity contribution in [2.45, 2.75) is 6.54 Å². The van der Waals surface area contributed by atoms with Gasteiger partial charge in [-0.1, -0.05) is 18.2 Å². The van der Waals surface area contributed by atoms with E-state index < -0.39 is 5.82 Å². The largest absolute Gasteiger partial charge is 0.505 e. The Morgan fingerprint density at radius 3 is 2.60 bits per heavy atom. The number of benzene rings is 2. The van der Waals surface area contributed by atoms with E-state index in [0.717, 1.165) is 24.3 Å². The molecule has 0 saturated heterocycles. The number of likely N-dealkylation sites (N-methyl/N-ethyl adjacent to an activating group) is 1. The smallest absolute Gasteiger partial charge is 0.165 e. The predicted octanol–water partition coefficient (Wildman–Crippen LogP) is 2.99. The van der Waals surface area contributed by atoms with Gasteiger partial charge in [0.25, 0.3) is 0 Å². The average Bonchev–Trinajstić information content (AvgIpc) is 2.46. The molecule has 0 amide bonds. The topological polar surface area (TPSA) is 26.7 Å². The number of fused-ring (bicyclic) bond motifs is 1. The molecule has 4 heteroatoms. The highest BCUT2D eigenvalue weighted by molar-refractivity contribution is 5.73. The summed E-state index contributed by atoms with van der Waals surface area (Å²) in [5.41, 5.74) is 3.22. The highest BCUT2D eigenvalue weighted by atomic mass is 19.1. The fourth-order valence-corrected chi connectivity index (χ4v) is 2.60. The molecular formula is C16H17FN2O. The standard InChI is InChI=1S/C16H17FN2O/c1-18-8-9-19(15-5-3-2-4-14(15)18)11-12-6-7-16(20)13(17)10-12/h2-7,10,20H,8-9,11H2,1H3. The van der Waals surface area contributed by atoms with Gasteiger partial charge in [0.2, 0.25) is 0 Å². The second-order valence-electron chi connectivity index (χ2n) is 5.12. The van der Waals surface area contributed by atoms with Gasteiger partial charge in [0.05, 0.1) is 11.4 Å². The Kier molecular flexibility index (Phi) is 3.22. The molecule has 2 aromatic carbocycles. The first-order chi connectivity index (χ1) is 9.65. The highest BCUT2D eigenvalue weighted by Crippen LogP contribution is 2.32. The summed E-state index contributed by atoms with van der Waals surface area (Å²) in [6.45, 7) is 2.48. The van der Waals surface area contributed by atoms with Crippen molar-refractivity contribution in [1.82, 2.24) is 0 Å². The Morgan fingerprint density at radius 2 is 1.85 bits per heavy atom. The van der Waals surface area contributed by atoms with Crippen LogP contribution in [0.5, 0.6) is 5.75 Å². The van der Waals surface area contributed by atoms with Crippen LogP contribution in [0.1, 0.15) is 5.56 Å². The van der Waals surface area contributed by atoms with E-state index in [1.165, 1.54) is 17.8 Å². The number of hydrogen-bond donors (Lipinski definition) is 1. The molecule has 0 aliphatic carbocycles. The van der Waals surface area contributed by atoms with E-state index in [1.807, 2.05) is 12.1 Å². The molecule has 0 fully saturated rings. The van der Waals surface area contributed by atoms with Gasteiger partial charge in [0, 0.05) is 26.7 Å². The van der Waals surface area contributed by atoms with E-state index in [4.69, 9.17) is 0 Å². The third-order valence-corrected chi connectivity index (χ3v) is 3.72. The van der Waals surface area contributed by atoms with Gasteiger partial charge in [-0.2, -0.15) is 0 Å². The number of aromatic hydroxyl groups is 1. The molecular weight excluding hydrogens is 255 g/mol. The molecule has 104 valence electrons. The normalized spacial score (nSPS) is 14.3. The quantitative estimate of drug-likeness (QED) is 0.910. The summed E-state index contributed by atoms with van der Waals surface area (Å²) in [7, 11) is 2.08. The molecule has 0 saturated carbocycles. The van der Waals surface area contributed by atoms with Crippen LogP contribution in [0.2, 0.25) is 0 Å². The number of halogens is 1. The molecule has 1 aliphatic rings. The van der Waals surface area contributed by atoms with Crippen molar-refractivity contribution in [3.63, 3.8) is 0 Å². The van der Waals surface area contributed by atoms with E-state index in [1.54, 1.807) is 6.07 Å². The molecule has 1 heterocycles. The Hall–Kier alpha value is -2.23. The monoisotopic (exact) mass is 272 g/mol. The molecule has 0 spiro atoms. The van der Waals surface area contributed by atoms with Crippen LogP contribution in [0, 0.1) is 5.82 Å². The Labute approximate surface area is 117 Å². The van der Waals surface area contributed by atoms with Crippen molar-refractivity contribution in [3.05, 3.63) is 53.8 Å². The summed E-state index contributed by atoms with van der Waals surface area (Å²) in [4.78, 5) is 4.46. The van der Waals surface area contributed by atoms with Crippen LogP contribution in [0.3, 0.4) is 0 Å². The Morgan fingerprint density at radius 1 is 1.10 bits per heavy atom. The number of rotatable bonds is 2. The van der Waals surface area contributed by atoms with Crippen LogP contribution in [0.4, 0.5) is 15.8 Å². The van der Waals surface area contributed by atoms with Crippen LogP contribution in [-0.4, -0.2) is 25.2 Å². The first-order valence-corrected chi connectivity index (χ1v) is 6.67. The van der Waals surface area contributed by atoms with Gasteiger partial charge in [-0.25, -0.2) is 4.39 Å². The van der Waals surface area contributed by atoms with Gasteiger partial charge in [-0.05, 0) is 29.8 Å². The van der Waals surface area contributed by atoms with E-state index in [0.29, 0.717) is 6.54 Å². The summed E-state index contributed by atoms with van der Waals surface area (Å²) in [5.74, 6) is -0.863. The second-order valence-corrected chi connectivity index (χ2v) is 5.12. The molecule has 20 heavy (non-hydrogen) atoms. The maximum absolute atomic E-state index is 13.4. The van der Waals surface area contributed by atoms with Crippen LogP contribution < -0.4 is 9.80 Å². The van der Waals surface area contributed by atoms with E-state index in [-0.39, 0.29) is 5.75 Å². The summed E-state index contributed by atoms with van der Waals surface area (Å²) in [6, 6.07) is 12.8. The number of para-hydroxylation sites is 2. The van der Waals surface area contributed by atoms with Gasteiger partial charge in [0.1, 0.15) is 0 Å². The fourth-order valence-electron chi connectivity index (χ4n) is 2.60. The van der Waals surface area contributed by atoms with E-state index in [9.17, 15) is 9.50 Å². The molecule has 0 radical (unpaired) electrons. The first-order valence-electron chi connectivity index (χ1n) is 6.67. The Balaban J connectivity index is 1.88. The van der Waals surface area contributed by atoms with E-state index in [2.05, 4.69) is 29.0 Å². The number of phenols is 1. The van der Waals surface area contributed by atoms with Crippen molar-refractivity contribution >= 4 is 11.4 Å². The van der Waals surface area contributed by atoms with Crippen LogP contribution in [-0.2, 0) is 6.54 Å². The first kappa shape index (κ1) is 12.8. The van der Waals surface area contributed by atoms with Crippen LogP contribution in [0.15, 0.2) is 42.5 Å². The molecule has 3 rings (SSSR count). The molecule has 1 N–H and O–H groups in total. The van der Waals surface area contributed by atoms with Gasteiger partial charge >= 0.3 is 0 Å². The molecule has 1 aliphatic heterocycles. The third kappa shape index (κ3) is 2.29. The second kappa shape index (κ2) is 5.04. The van der Waals surface area contributed by atoms with Crippen molar-refractivity contribution in [3.8, 4) is 5.75 Å². The van der Waals surface area contributed by atoms with Crippen LogP contribution >= 0.6 is 0 Å². The minimum atomic E-state index is -0.565. The zero-order valence-corrected chi connectivity index (χ0v) is 11.4. The minimum Gasteiger partial charge on any atom is -0.505 e. The zero-order chi connectivity index (χ0) is 14.1. The molecule has 3 nitrogen and oxygen atoms in total. The summed E-state index contributed by atoms with van der Waals surface area (Å²) in [6.07, 6.45) is 0. The SMILES string of the molecule is CN1CCN(Cc2ccc(O)c(F)c2)c2ccccc21. The molecule has 0 bridgehead atoms. The molecule has 2 aromatic rings. The summed E-state index contributed by atoms with van der Waals surface area (Å²) < 4.78 is 13.4. The average molecular weight is 272 g/mol. The van der Waals surface area contributed by atoms with Crippen molar-refractivity contribution in [2.24, 2.45) is 0 Å². The number of nitrogens with zero attached hydrogens (tertiary/aromatic N) is 2. The number of hydrogen-bond acceptors (Lipinski definition) is 3. The van der Waals surface area contributed by atoms with E-state index >= 15 is 0 Å². The van der Waals surface area contributed by atoms with Gasteiger partial charge in [0.15, 0.2) is 11.6 Å². The lowest BCUT2D eigenvalue weighted by atomic mass is 10.1. The maximum atomic E-state index is 13.4. The summed E-state index contributed by atoms with van der Waals surface area (Å²) in [5, 5.41) is 9.25.